The van der Waals surface area contributed by atoms with Gasteiger partial charge in [0.25, 0.3) is 0 Å². The van der Waals surface area contributed by atoms with Crippen molar-refractivity contribution >= 4 is 33.6 Å². The van der Waals surface area contributed by atoms with Crippen LogP contribution >= 0.6 is 11.6 Å². The van der Waals surface area contributed by atoms with Gasteiger partial charge >= 0.3 is 0 Å². The fourth-order valence-corrected chi connectivity index (χ4v) is 4.91. The molecule has 2 aromatic heterocycles. The summed E-state index contributed by atoms with van der Waals surface area (Å²) in [6, 6.07) is 12.5. The van der Waals surface area contributed by atoms with Crippen molar-refractivity contribution in [2.24, 2.45) is 5.92 Å². The Morgan fingerprint density at radius 2 is 1.86 bits per heavy atom. The van der Waals surface area contributed by atoms with Gasteiger partial charge < -0.3 is 4.42 Å². The fraction of sp³-hybridized carbons (Fsp3) is 0.333. The minimum Gasteiger partial charge on any atom is -0.440 e. The van der Waals surface area contributed by atoms with Crippen molar-refractivity contribution in [1.29, 1.82) is 0 Å². The Bertz CT molecular complexity index is 1180. The van der Waals surface area contributed by atoms with Crippen LogP contribution in [0.3, 0.4) is 0 Å². The first-order valence-electron chi connectivity index (χ1n) is 10.2. The minimum absolute atomic E-state index is 0.204. The highest BCUT2D eigenvalue weighted by Gasteiger charge is 2.30. The van der Waals surface area contributed by atoms with Gasteiger partial charge in [0.15, 0.2) is 11.5 Å². The second kappa shape index (κ2) is 7.42. The average molecular weight is 409 g/mol. The van der Waals surface area contributed by atoms with Gasteiger partial charge in [0.05, 0.1) is 5.52 Å². The van der Waals surface area contributed by atoms with Crippen LogP contribution in [-0.2, 0) is 0 Å². The molecule has 4 aromatic rings. The maximum Gasteiger partial charge on any atom is 0.198 e. The molecule has 148 valence electrons. The van der Waals surface area contributed by atoms with Gasteiger partial charge in [-0.15, -0.1) is 0 Å². The molecule has 1 aliphatic carbocycles. The highest BCUT2D eigenvalue weighted by atomic mass is 35.5. The lowest BCUT2D eigenvalue weighted by molar-refractivity contribution is 0.268. The molecule has 29 heavy (non-hydrogen) atoms. The predicted molar refractivity (Wildman–Crippen MR) is 114 cm³/mol. The quantitative estimate of drug-likeness (QED) is 0.358. The van der Waals surface area contributed by atoms with Crippen molar-refractivity contribution < 1.29 is 8.81 Å². The van der Waals surface area contributed by atoms with Gasteiger partial charge in [-0.3, -0.25) is 4.98 Å². The van der Waals surface area contributed by atoms with E-state index < -0.39 is 0 Å². The van der Waals surface area contributed by atoms with Crippen LogP contribution in [0.4, 0.5) is 4.39 Å². The normalized spacial score (nSPS) is 20.9. The number of rotatable bonds is 3. The molecule has 2 aromatic carbocycles. The van der Waals surface area contributed by atoms with Gasteiger partial charge in [0.1, 0.15) is 11.3 Å². The van der Waals surface area contributed by atoms with E-state index in [1.807, 2.05) is 24.4 Å². The molecule has 5 rings (SSSR count). The first-order valence-corrected chi connectivity index (χ1v) is 10.6. The van der Waals surface area contributed by atoms with Crippen LogP contribution in [0, 0.1) is 11.7 Å². The number of nitrogens with zero attached hydrogens (tertiary/aromatic N) is 2. The molecular formula is C24H22ClFN2O. The highest BCUT2D eigenvalue weighted by Crippen LogP contribution is 2.43. The Hall–Kier alpha value is -2.46. The van der Waals surface area contributed by atoms with Crippen LogP contribution in [0.15, 0.2) is 53.1 Å². The molecule has 0 N–H and O–H groups in total. The number of aromatic nitrogens is 2. The second-order valence-corrected chi connectivity index (χ2v) is 8.56. The summed E-state index contributed by atoms with van der Waals surface area (Å²) in [5, 5.41) is 1.62. The van der Waals surface area contributed by atoms with Gasteiger partial charge in [-0.25, -0.2) is 9.37 Å². The summed E-state index contributed by atoms with van der Waals surface area (Å²) < 4.78 is 19.8. The summed E-state index contributed by atoms with van der Waals surface area (Å²) in [4.78, 5) is 9.07. The zero-order chi connectivity index (χ0) is 20.0. The van der Waals surface area contributed by atoms with Crippen LogP contribution in [0.2, 0.25) is 5.02 Å². The topological polar surface area (TPSA) is 38.9 Å². The van der Waals surface area contributed by atoms with Gasteiger partial charge in [-0.05, 0) is 85.5 Å². The van der Waals surface area contributed by atoms with E-state index in [0.717, 1.165) is 53.6 Å². The summed E-state index contributed by atoms with van der Waals surface area (Å²) in [7, 11) is 0. The predicted octanol–water partition coefficient (Wildman–Crippen LogP) is 7.25. The number of fused-ring (bicyclic) bond motifs is 2. The van der Waals surface area contributed by atoms with E-state index in [0.29, 0.717) is 16.9 Å². The first-order chi connectivity index (χ1) is 14.1. The third kappa shape index (κ3) is 3.51. The van der Waals surface area contributed by atoms with E-state index in [4.69, 9.17) is 16.0 Å². The molecule has 5 heteroatoms. The Kier molecular flexibility index (Phi) is 4.75. The first kappa shape index (κ1) is 18.6. The van der Waals surface area contributed by atoms with Crippen molar-refractivity contribution in [1.82, 2.24) is 9.97 Å². The molecule has 3 nitrogen and oxygen atoms in total. The second-order valence-electron chi connectivity index (χ2n) is 8.13. The zero-order valence-electron chi connectivity index (χ0n) is 16.2. The van der Waals surface area contributed by atoms with E-state index >= 15 is 0 Å². The Morgan fingerprint density at radius 1 is 1.03 bits per heavy atom. The smallest absolute Gasteiger partial charge is 0.198 e. The SMILES string of the molecule is CC(c1nc2cc(Cl)ccc2o1)C1CCC(c2ccnc3ccc(F)cc23)CC1. The van der Waals surface area contributed by atoms with Gasteiger partial charge in [0, 0.05) is 22.5 Å². The van der Waals surface area contributed by atoms with Crippen molar-refractivity contribution in [3.8, 4) is 0 Å². The van der Waals surface area contributed by atoms with Gasteiger partial charge in [-0.1, -0.05) is 18.5 Å². The summed E-state index contributed by atoms with van der Waals surface area (Å²) >= 11 is 6.07. The van der Waals surface area contributed by atoms with Gasteiger partial charge in [0.2, 0.25) is 0 Å². The molecular weight excluding hydrogens is 387 g/mol. The average Bonchev–Trinajstić information content (AvgIpc) is 3.16. The molecule has 1 saturated carbocycles. The summed E-state index contributed by atoms with van der Waals surface area (Å²) in [6.07, 6.45) is 6.20. The third-order valence-corrected chi connectivity index (χ3v) is 6.65. The van der Waals surface area contributed by atoms with E-state index in [-0.39, 0.29) is 11.7 Å². The summed E-state index contributed by atoms with van der Waals surface area (Å²) in [5.41, 5.74) is 3.69. The van der Waals surface area contributed by atoms with Crippen LogP contribution in [0.25, 0.3) is 22.0 Å². The Labute approximate surface area is 173 Å². The van der Waals surface area contributed by atoms with E-state index in [1.165, 1.54) is 11.6 Å². The molecule has 1 fully saturated rings. The third-order valence-electron chi connectivity index (χ3n) is 6.41. The summed E-state index contributed by atoms with van der Waals surface area (Å²) in [5.74, 6) is 1.81. The van der Waals surface area contributed by atoms with Gasteiger partial charge in [-0.2, -0.15) is 0 Å². The number of pyridine rings is 1. The maximum absolute atomic E-state index is 13.8. The van der Waals surface area contributed by atoms with E-state index in [1.54, 1.807) is 12.1 Å². The van der Waals surface area contributed by atoms with Crippen LogP contribution in [0.5, 0.6) is 0 Å². The summed E-state index contributed by atoms with van der Waals surface area (Å²) in [6.45, 7) is 2.20. The zero-order valence-corrected chi connectivity index (χ0v) is 17.0. The molecule has 1 unspecified atom stereocenters. The van der Waals surface area contributed by atoms with Crippen molar-refractivity contribution in [3.63, 3.8) is 0 Å². The van der Waals surface area contributed by atoms with Crippen molar-refractivity contribution in [2.45, 2.75) is 44.4 Å². The van der Waals surface area contributed by atoms with Crippen LogP contribution < -0.4 is 0 Å². The number of hydrogen-bond donors (Lipinski definition) is 0. The maximum atomic E-state index is 13.8. The fourth-order valence-electron chi connectivity index (χ4n) is 4.74. The van der Waals surface area contributed by atoms with E-state index in [9.17, 15) is 4.39 Å². The lowest BCUT2D eigenvalue weighted by Crippen LogP contribution is -2.18. The standard InChI is InChI=1S/C24H22ClFN2O/c1-14(24-28-22-12-17(25)6-9-23(22)29-24)15-2-4-16(5-3-15)19-10-11-27-21-8-7-18(26)13-20(19)21/h6-16H,2-5H2,1H3. The largest absolute Gasteiger partial charge is 0.440 e. The number of oxazole rings is 1. The lowest BCUT2D eigenvalue weighted by atomic mass is 9.74. The van der Waals surface area contributed by atoms with Crippen LogP contribution in [-0.4, -0.2) is 9.97 Å². The molecule has 1 atom stereocenters. The molecule has 2 heterocycles. The Morgan fingerprint density at radius 3 is 2.69 bits per heavy atom. The minimum atomic E-state index is -0.204. The number of halogens is 2. The molecule has 0 aliphatic heterocycles. The Balaban J connectivity index is 1.34. The number of benzene rings is 2. The van der Waals surface area contributed by atoms with Crippen molar-refractivity contribution in [3.05, 3.63) is 71.0 Å². The molecule has 0 spiro atoms. The number of hydrogen-bond acceptors (Lipinski definition) is 3. The highest BCUT2D eigenvalue weighted by molar-refractivity contribution is 6.31. The van der Waals surface area contributed by atoms with E-state index in [2.05, 4.69) is 23.0 Å². The molecule has 0 radical (unpaired) electrons. The molecule has 1 aliphatic rings. The molecule has 0 bridgehead atoms. The monoisotopic (exact) mass is 408 g/mol. The van der Waals surface area contributed by atoms with Crippen molar-refractivity contribution in [2.75, 3.05) is 0 Å². The molecule has 0 saturated heterocycles. The van der Waals surface area contributed by atoms with Crippen LogP contribution in [0.1, 0.15) is 55.9 Å². The lowest BCUT2D eigenvalue weighted by Gasteiger charge is -2.31. The molecule has 0 amide bonds.